The number of amides is 1. The van der Waals surface area contributed by atoms with Crippen molar-refractivity contribution in [3.63, 3.8) is 0 Å². The van der Waals surface area contributed by atoms with Crippen LogP contribution in [0.1, 0.15) is 51.8 Å². The Morgan fingerprint density at radius 3 is 2.88 bits per heavy atom. The highest BCUT2D eigenvalue weighted by atomic mass is 16.5. The second kappa shape index (κ2) is 5.92. The predicted molar refractivity (Wildman–Crippen MR) is 89.4 cm³/mol. The summed E-state index contributed by atoms with van der Waals surface area (Å²) in [5.41, 5.74) is 5.18. The molecule has 1 fully saturated rings. The average molecular weight is 326 g/mol. The molecule has 1 N–H and O–H groups in total. The van der Waals surface area contributed by atoms with Crippen molar-refractivity contribution in [3.8, 4) is 5.75 Å². The summed E-state index contributed by atoms with van der Waals surface area (Å²) < 4.78 is 5.32. The van der Waals surface area contributed by atoms with E-state index < -0.39 is 0 Å². The number of carbonyl (C=O) groups excluding carboxylic acids is 1. The SMILES string of the molecule is COc1cnc(C)cc1C(=O)N1CCc2[nH]nc(C3CC3)c2CC1. The average Bonchev–Trinajstić information content (AvgIpc) is 3.39. The van der Waals surface area contributed by atoms with Gasteiger partial charge in [0.15, 0.2) is 0 Å². The molecule has 2 aromatic heterocycles. The van der Waals surface area contributed by atoms with E-state index in [2.05, 4.69) is 15.2 Å². The third kappa shape index (κ3) is 2.66. The topological polar surface area (TPSA) is 71.1 Å². The number of pyridine rings is 1. The maximum atomic E-state index is 13.0. The summed E-state index contributed by atoms with van der Waals surface area (Å²) in [6, 6.07) is 1.81. The van der Waals surface area contributed by atoms with E-state index in [1.807, 2.05) is 17.9 Å². The lowest BCUT2D eigenvalue weighted by Gasteiger charge is -2.21. The molecule has 1 saturated carbocycles. The van der Waals surface area contributed by atoms with Crippen LogP contribution in [0.5, 0.6) is 5.75 Å². The van der Waals surface area contributed by atoms with Crippen LogP contribution < -0.4 is 4.74 Å². The smallest absolute Gasteiger partial charge is 0.257 e. The Morgan fingerprint density at radius 1 is 1.33 bits per heavy atom. The first-order valence-corrected chi connectivity index (χ1v) is 8.53. The number of fused-ring (bicyclic) bond motifs is 1. The number of aryl methyl sites for hydroxylation is 1. The molecule has 126 valence electrons. The lowest BCUT2D eigenvalue weighted by atomic mass is 10.1. The second-order valence-electron chi connectivity index (χ2n) is 6.66. The summed E-state index contributed by atoms with van der Waals surface area (Å²) in [5, 5.41) is 7.71. The maximum absolute atomic E-state index is 13.0. The molecule has 1 aliphatic heterocycles. The summed E-state index contributed by atoms with van der Waals surface area (Å²) >= 11 is 0. The lowest BCUT2D eigenvalue weighted by molar-refractivity contribution is 0.0759. The number of carbonyl (C=O) groups is 1. The number of hydrogen-bond acceptors (Lipinski definition) is 4. The van der Waals surface area contributed by atoms with Crippen molar-refractivity contribution in [2.75, 3.05) is 20.2 Å². The van der Waals surface area contributed by atoms with Crippen LogP contribution in [0.4, 0.5) is 0 Å². The monoisotopic (exact) mass is 326 g/mol. The summed E-state index contributed by atoms with van der Waals surface area (Å²) in [7, 11) is 1.57. The van der Waals surface area contributed by atoms with E-state index in [1.54, 1.807) is 13.3 Å². The molecule has 3 heterocycles. The Hall–Kier alpha value is -2.37. The molecule has 4 rings (SSSR count). The van der Waals surface area contributed by atoms with Crippen LogP contribution in [0.25, 0.3) is 0 Å². The van der Waals surface area contributed by atoms with E-state index in [9.17, 15) is 4.79 Å². The molecule has 0 radical (unpaired) electrons. The van der Waals surface area contributed by atoms with E-state index in [1.165, 1.54) is 29.8 Å². The summed E-state index contributed by atoms with van der Waals surface area (Å²) in [6.45, 7) is 3.30. The van der Waals surface area contributed by atoms with Gasteiger partial charge >= 0.3 is 0 Å². The molecule has 2 aromatic rings. The van der Waals surface area contributed by atoms with Gasteiger partial charge in [-0.15, -0.1) is 0 Å². The minimum atomic E-state index is 0.0171. The van der Waals surface area contributed by atoms with Crippen LogP contribution in [0, 0.1) is 6.92 Å². The van der Waals surface area contributed by atoms with Crippen molar-refractivity contribution in [3.05, 3.63) is 40.5 Å². The molecule has 0 unspecified atom stereocenters. The molecule has 6 heteroatoms. The fourth-order valence-corrected chi connectivity index (χ4v) is 3.45. The van der Waals surface area contributed by atoms with Crippen LogP contribution in [0.2, 0.25) is 0 Å². The van der Waals surface area contributed by atoms with Gasteiger partial charge in [-0.2, -0.15) is 5.10 Å². The van der Waals surface area contributed by atoms with Gasteiger partial charge in [0.05, 0.1) is 24.6 Å². The number of rotatable bonds is 3. The number of ether oxygens (including phenoxy) is 1. The van der Waals surface area contributed by atoms with Gasteiger partial charge in [0.25, 0.3) is 5.91 Å². The van der Waals surface area contributed by atoms with Gasteiger partial charge in [-0.3, -0.25) is 14.9 Å². The molecular weight excluding hydrogens is 304 g/mol. The highest BCUT2D eigenvalue weighted by Crippen LogP contribution is 2.41. The van der Waals surface area contributed by atoms with E-state index in [0.29, 0.717) is 23.8 Å². The minimum Gasteiger partial charge on any atom is -0.494 e. The summed E-state index contributed by atoms with van der Waals surface area (Å²) in [4.78, 5) is 19.1. The number of nitrogens with zero attached hydrogens (tertiary/aromatic N) is 3. The Bertz CT molecular complexity index is 779. The highest BCUT2D eigenvalue weighted by molar-refractivity contribution is 5.97. The zero-order chi connectivity index (χ0) is 16.7. The van der Waals surface area contributed by atoms with E-state index in [-0.39, 0.29) is 5.91 Å². The molecular formula is C18H22N4O2. The van der Waals surface area contributed by atoms with Gasteiger partial charge in [-0.25, -0.2) is 0 Å². The fraction of sp³-hybridized carbons (Fsp3) is 0.500. The van der Waals surface area contributed by atoms with Gasteiger partial charge < -0.3 is 9.64 Å². The number of H-pyrrole nitrogens is 1. The number of aromatic nitrogens is 3. The third-order valence-corrected chi connectivity index (χ3v) is 4.95. The Morgan fingerprint density at radius 2 is 2.12 bits per heavy atom. The fourth-order valence-electron chi connectivity index (χ4n) is 3.45. The molecule has 0 bridgehead atoms. The number of methoxy groups -OCH3 is 1. The quantitative estimate of drug-likeness (QED) is 0.939. The van der Waals surface area contributed by atoms with Crippen molar-refractivity contribution in [2.24, 2.45) is 0 Å². The zero-order valence-electron chi connectivity index (χ0n) is 14.1. The van der Waals surface area contributed by atoms with Crippen LogP contribution in [0.15, 0.2) is 12.3 Å². The van der Waals surface area contributed by atoms with Gasteiger partial charge in [-0.1, -0.05) is 0 Å². The van der Waals surface area contributed by atoms with Crippen LogP contribution >= 0.6 is 0 Å². The number of hydrogen-bond donors (Lipinski definition) is 1. The first kappa shape index (κ1) is 15.2. The lowest BCUT2D eigenvalue weighted by Crippen LogP contribution is -2.33. The minimum absolute atomic E-state index is 0.0171. The standard InChI is InChI=1S/C18H22N4O2/c1-11-9-14(16(24-2)10-19-11)18(23)22-7-5-13-15(6-8-22)20-21-17(13)12-3-4-12/h9-10,12H,3-8H2,1-2H3,(H,20,21). The van der Waals surface area contributed by atoms with Gasteiger partial charge in [-0.05, 0) is 37.8 Å². The summed E-state index contributed by atoms with van der Waals surface area (Å²) in [6.07, 6.45) is 5.81. The predicted octanol–water partition coefficient (Wildman–Crippen LogP) is 2.24. The maximum Gasteiger partial charge on any atom is 0.257 e. The largest absolute Gasteiger partial charge is 0.494 e. The third-order valence-electron chi connectivity index (χ3n) is 4.95. The second-order valence-corrected chi connectivity index (χ2v) is 6.66. The molecule has 2 aliphatic rings. The van der Waals surface area contributed by atoms with Crippen LogP contribution in [-0.4, -0.2) is 46.2 Å². The normalized spacial score (nSPS) is 17.3. The molecule has 1 aliphatic carbocycles. The van der Waals surface area contributed by atoms with Crippen molar-refractivity contribution in [2.45, 2.75) is 38.5 Å². The highest BCUT2D eigenvalue weighted by Gasteiger charge is 2.32. The molecule has 0 spiro atoms. The van der Waals surface area contributed by atoms with Crippen molar-refractivity contribution >= 4 is 5.91 Å². The zero-order valence-corrected chi connectivity index (χ0v) is 14.1. The molecule has 6 nitrogen and oxygen atoms in total. The first-order valence-electron chi connectivity index (χ1n) is 8.53. The van der Waals surface area contributed by atoms with Crippen LogP contribution in [0.3, 0.4) is 0 Å². The Balaban J connectivity index is 1.56. The van der Waals surface area contributed by atoms with E-state index in [0.717, 1.165) is 25.1 Å². The van der Waals surface area contributed by atoms with Crippen molar-refractivity contribution < 1.29 is 9.53 Å². The Labute approximate surface area is 141 Å². The number of nitrogens with one attached hydrogen (secondary N) is 1. The van der Waals surface area contributed by atoms with E-state index in [4.69, 9.17) is 4.74 Å². The molecule has 0 atom stereocenters. The van der Waals surface area contributed by atoms with Gasteiger partial charge in [0.1, 0.15) is 5.75 Å². The molecule has 1 amide bonds. The van der Waals surface area contributed by atoms with Crippen LogP contribution in [-0.2, 0) is 12.8 Å². The Kier molecular flexibility index (Phi) is 3.75. The molecule has 0 saturated heterocycles. The van der Waals surface area contributed by atoms with Gasteiger partial charge in [0, 0.05) is 36.8 Å². The molecule has 24 heavy (non-hydrogen) atoms. The first-order chi connectivity index (χ1) is 11.7. The summed E-state index contributed by atoms with van der Waals surface area (Å²) in [5.74, 6) is 1.19. The van der Waals surface area contributed by atoms with Crippen molar-refractivity contribution in [1.29, 1.82) is 0 Å². The van der Waals surface area contributed by atoms with E-state index >= 15 is 0 Å². The van der Waals surface area contributed by atoms with Crippen molar-refractivity contribution in [1.82, 2.24) is 20.1 Å². The number of aromatic amines is 1. The van der Waals surface area contributed by atoms with Gasteiger partial charge in [0.2, 0.25) is 0 Å². The molecule has 0 aromatic carbocycles.